The van der Waals surface area contributed by atoms with E-state index in [-0.39, 0.29) is 6.61 Å². The van der Waals surface area contributed by atoms with E-state index in [0.29, 0.717) is 5.76 Å². The van der Waals surface area contributed by atoms with Crippen LogP contribution in [-0.2, 0) is 18.6 Å². The summed E-state index contributed by atoms with van der Waals surface area (Å²) < 4.78 is 5.93. The molecular formula is C27H31NO2S2. The molecule has 1 heterocycles. The summed E-state index contributed by atoms with van der Waals surface area (Å²) in [6.45, 7) is 6.75. The molecule has 1 saturated carbocycles. The number of aryl methyl sites for hydroxylation is 3. The van der Waals surface area contributed by atoms with E-state index in [2.05, 4.69) is 63.2 Å². The highest BCUT2D eigenvalue weighted by Crippen LogP contribution is 2.35. The maximum Gasteiger partial charge on any atom is 0.145 e. The summed E-state index contributed by atoms with van der Waals surface area (Å²) in [6, 6.07) is 15.2. The highest BCUT2D eigenvalue weighted by Gasteiger charge is 2.18. The first kappa shape index (κ1) is 22.9. The molecule has 5 heteroatoms. The lowest BCUT2D eigenvalue weighted by atomic mass is 10.1. The minimum Gasteiger partial charge on any atom is -0.509 e. The third-order valence-corrected chi connectivity index (χ3v) is 8.11. The molecule has 0 bridgehead atoms. The molecule has 3 nitrogen and oxygen atoms in total. The van der Waals surface area contributed by atoms with Gasteiger partial charge in [-0.3, -0.25) is 0 Å². The zero-order valence-electron chi connectivity index (χ0n) is 19.1. The van der Waals surface area contributed by atoms with Crippen LogP contribution in [0.1, 0.15) is 54.8 Å². The van der Waals surface area contributed by atoms with E-state index in [1.165, 1.54) is 26.5 Å². The third-order valence-electron chi connectivity index (χ3n) is 5.70. The molecule has 2 aromatic carbocycles. The van der Waals surface area contributed by atoms with Gasteiger partial charge in [0.1, 0.15) is 23.1 Å². The van der Waals surface area contributed by atoms with Crippen LogP contribution < -0.4 is 4.74 Å². The summed E-state index contributed by atoms with van der Waals surface area (Å²) in [5, 5.41) is 11.1. The van der Waals surface area contributed by atoms with Gasteiger partial charge in [0, 0.05) is 21.1 Å². The second kappa shape index (κ2) is 10.6. The van der Waals surface area contributed by atoms with Gasteiger partial charge in [-0.1, -0.05) is 44.5 Å². The molecule has 0 aliphatic heterocycles. The lowest BCUT2D eigenvalue weighted by Crippen LogP contribution is -2.03. The molecule has 0 radical (unpaired) electrons. The number of ether oxygens (including phenoxy) is 1. The molecule has 3 aromatic rings. The van der Waals surface area contributed by atoms with E-state index < -0.39 is 0 Å². The monoisotopic (exact) mass is 465 g/mol. The number of benzene rings is 2. The number of aromatic nitrogens is 1. The second-order valence-corrected chi connectivity index (χ2v) is 10.4. The van der Waals surface area contributed by atoms with E-state index >= 15 is 0 Å². The Morgan fingerprint density at radius 3 is 2.59 bits per heavy atom. The van der Waals surface area contributed by atoms with E-state index in [1.54, 1.807) is 11.3 Å². The first-order valence-electron chi connectivity index (χ1n) is 11.4. The molecule has 0 atom stereocenters. The molecule has 4 rings (SSSR count). The maximum absolute atomic E-state index is 10.0. The summed E-state index contributed by atoms with van der Waals surface area (Å²) >= 11 is 3.64. The van der Waals surface area contributed by atoms with Crippen molar-refractivity contribution in [2.24, 2.45) is 0 Å². The molecule has 0 saturated heterocycles. The molecule has 0 amide bonds. The van der Waals surface area contributed by atoms with Crippen molar-refractivity contribution >= 4 is 23.1 Å². The first-order chi connectivity index (χ1) is 15.6. The summed E-state index contributed by atoms with van der Waals surface area (Å²) in [4.78, 5) is 7.39. The SMILES string of the molecule is CCCc1cc(SCc2sc(-c3ccc(CC)cc3)nc2C)ccc1OCC(O)=C1CC1. The van der Waals surface area contributed by atoms with Gasteiger partial charge in [0.15, 0.2) is 0 Å². The van der Waals surface area contributed by atoms with E-state index in [9.17, 15) is 5.11 Å². The maximum atomic E-state index is 10.0. The van der Waals surface area contributed by atoms with Gasteiger partial charge in [-0.05, 0) is 67.5 Å². The Balaban J connectivity index is 1.43. The van der Waals surface area contributed by atoms with Gasteiger partial charge in [-0.2, -0.15) is 0 Å². The average Bonchev–Trinajstić information content (AvgIpc) is 3.60. The molecule has 1 N–H and O–H groups in total. The number of aliphatic hydroxyl groups excluding tert-OH is 1. The zero-order valence-corrected chi connectivity index (χ0v) is 20.7. The normalized spacial score (nSPS) is 12.8. The highest BCUT2D eigenvalue weighted by atomic mass is 32.2. The topological polar surface area (TPSA) is 42.4 Å². The van der Waals surface area contributed by atoms with E-state index in [0.717, 1.165) is 59.9 Å². The van der Waals surface area contributed by atoms with Gasteiger partial charge < -0.3 is 9.84 Å². The second-order valence-electron chi connectivity index (χ2n) is 8.23. The zero-order chi connectivity index (χ0) is 22.5. The van der Waals surface area contributed by atoms with Gasteiger partial charge >= 0.3 is 0 Å². The quantitative estimate of drug-likeness (QED) is 0.244. The van der Waals surface area contributed by atoms with Crippen LogP contribution in [0, 0.1) is 6.92 Å². The Labute approximate surface area is 199 Å². The Morgan fingerprint density at radius 2 is 1.91 bits per heavy atom. The molecule has 1 fully saturated rings. The van der Waals surface area contributed by atoms with Crippen molar-refractivity contribution in [3.8, 4) is 16.3 Å². The smallest absolute Gasteiger partial charge is 0.145 e. The Bertz CT molecular complexity index is 1090. The summed E-state index contributed by atoms with van der Waals surface area (Å²) in [7, 11) is 0. The van der Waals surface area contributed by atoms with Crippen molar-refractivity contribution in [3.63, 3.8) is 0 Å². The third kappa shape index (κ3) is 5.76. The Hall–Kier alpha value is -2.24. The predicted octanol–water partition coefficient (Wildman–Crippen LogP) is 7.91. The molecule has 0 spiro atoms. The van der Waals surface area contributed by atoms with Crippen molar-refractivity contribution in [1.29, 1.82) is 0 Å². The lowest BCUT2D eigenvalue weighted by molar-refractivity contribution is 0.267. The van der Waals surface area contributed by atoms with Crippen molar-refractivity contribution < 1.29 is 9.84 Å². The summed E-state index contributed by atoms with van der Waals surface area (Å²) in [5.74, 6) is 2.21. The molecule has 1 aliphatic carbocycles. The van der Waals surface area contributed by atoms with Crippen LogP contribution in [0.15, 0.2) is 58.7 Å². The van der Waals surface area contributed by atoms with Crippen LogP contribution >= 0.6 is 23.1 Å². The molecule has 1 aromatic heterocycles. The molecule has 0 unspecified atom stereocenters. The molecular weight excluding hydrogens is 434 g/mol. The molecule has 1 aliphatic rings. The Morgan fingerprint density at radius 1 is 1.12 bits per heavy atom. The van der Waals surface area contributed by atoms with Gasteiger partial charge in [0.05, 0.1) is 5.69 Å². The Kier molecular flexibility index (Phi) is 7.59. The molecule has 32 heavy (non-hydrogen) atoms. The average molecular weight is 466 g/mol. The number of hydrogen-bond donors (Lipinski definition) is 1. The van der Waals surface area contributed by atoms with Crippen molar-refractivity contribution in [1.82, 2.24) is 4.98 Å². The number of hydrogen-bond acceptors (Lipinski definition) is 5. The van der Waals surface area contributed by atoms with Crippen molar-refractivity contribution in [2.75, 3.05) is 6.61 Å². The minimum atomic E-state index is 0.278. The summed E-state index contributed by atoms with van der Waals surface area (Å²) in [6.07, 6.45) is 5.11. The lowest BCUT2D eigenvalue weighted by Gasteiger charge is -2.12. The van der Waals surface area contributed by atoms with Gasteiger partial charge in [0.25, 0.3) is 0 Å². The minimum absolute atomic E-state index is 0.278. The van der Waals surface area contributed by atoms with Gasteiger partial charge in [0.2, 0.25) is 0 Å². The van der Waals surface area contributed by atoms with Crippen LogP contribution in [-0.4, -0.2) is 16.7 Å². The molecule has 168 valence electrons. The standard InChI is InChI=1S/C27H31NO2S2/c1-4-6-22-15-23(13-14-25(22)30-16-24(29)20-11-12-20)31-17-26-18(3)28-27(32-26)21-9-7-19(5-2)8-10-21/h7-10,13-15,29H,4-6,11-12,16-17H2,1-3H3. The highest BCUT2D eigenvalue weighted by molar-refractivity contribution is 7.98. The number of thioether (sulfide) groups is 1. The largest absolute Gasteiger partial charge is 0.509 e. The van der Waals surface area contributed by atoms with Crippen LogP contribution in [0.4, 0.5) is 0 Å². The summed E-state index contributed by atoms with van der Waals surface area (Å²) in [5.41, 5.74) is 6.02. The van der Waals surface area contributed by atoms with Crippen LogP contribution in [0.3, 0.4) is 0 Å². The van der Waals surface area contributed by atoms with Gasteiger partial charge in [-0.15, -0.1) is 23.1 Å². The fraction of sp³-hybridized carbons (Fsp3) is 0.370. The van der Waals surface area contributed by atoms with Crippen LogP contribution in [0.2, 0.25) is 0 Å². The van der Waals surface area contributed by atoms with Crippen LogP contribution in [0.5, 0.6) is 5.75 Å². The number of allylic oxidation sites excluding steroid dienone is 1. The van der Waals surface area contributed by atoms with Crippen LogP contribution in [0.25, 0.3) is 10.6 Å². The number of rotatable bonds is 10. The predicted molar refractivity (Wildman–Crippen MR) is 136 cm³/mol. The van der Waals surface area contributed by atoms with Gasteiger partial charge in [-0.25, -0.2) is 4.98 Å². The van der Waals surface area contributed by atoms with Crippen molar-refractivity contribution in [3.05, 3.63) is 75.5 Å². The number of nitrogens with zero attached hydrogens (tertiary/aromatic N) is 1. The van der Waals surface area contributed by atoms with E-state index in [1.807, 2.05) is 11.8 Å². The number of aliphatic hydroxyl groups is 1. The van der Waals surface area contributed by atoms with Crippen molar-refractivity contribution in [2.45, 2.75) is 63.5 Å². The fourth-order valence-corrected chi connectivity index (χ4v) is 5.74. The van der Waals surface area contributed by atoms with E-state index in [4.69, 9.17) is 9.72 Å². The number of thiazole rings is 1. The first-order valence-corrected chi connectivity index (χ1v) is 13.2. The fourth-order valence-electron chi connectivity index (χ4n) is 3.57.